The smallest absolute Gasteiger partial charge is 0.238 e. The molecule has 0 radical (unpaired) electrons. The molecule has 158 valence electrons. The summed E-state index contributed by atoms with van der Waals surface area (Å²) in [7, 11) is -3.68. The molecule has 0 aromatic heterocycles. The molecule has 0 saturated heterocycles. The van der Waals surface area contributed by atoms with E-state index in [0.29, 0.717) is 29.4 Å². The minimum atomic E-state index is -3.68. The van der Waals surface area contributed by atoms with E-state index in [4.69, 9.17) is 21.5 Å². The fourth-order valence-electron chi connectivity index (χ4n) is 2.91. The lowest BCUT2D eigenvalue weighted by molar-refractivity contribution is 0.296. The number of hydrogen-bond donors (Lipinski definition) is 2. The van der Waals surface area contributed by atoms with Gasteiger partial charge in [-0.15, -0.1) is 0 Å². The molecule has 0 atom stereocenters. The second-order valence-electron chi connectivity index (χ2n) is 6.71. The third-order valence-corrected chi connectivity index (χ3v) is 5.85. The topological polar surface area (TPSA) is 81.4 Å². The van der Waals surface area contributed by atoms with Crippen molar-refractivity contribution in [1.82, 2.24) is 5.32 Å². The molecule has 0 aliphatic heterocycles. The van der Waals surface area contributed by atoms with E-state index in [9.17, 15) is 12.8 Å². The molecule has 3 aromatic carbocycles. The summed E-state index contributed by atoms with van der Waals surface area (Å²) in [5.41, 5.74) is 2.26. The number of halogens is 2. The quantitative estimate of drug-likeness (QED) is 0.484. The van der Waals surface area contributed by atoms with Gasteiger partial charge >= 0.3 is 0 Å². The summed E-state index contributed by atoms with van der Waals surface area (Å²) in [6, 6.07) is 18.6. The van der Waals surface area contributed by atoms with E-state index in [2.05, 4.69) is 5.32 Å². The van der Waals surface area contributed by atoms with Gasteiger partial charge in [-0.3, -0.25) is 0 Å². The average molecular weight is 449 g/mol. The number of rotatable bonds is 9. The van der Waals surface area contributed by atoms with Crippen LogP contribution in [-0.4, -0.2) is 15.0 Å². The van der Waals surface area contributed by atoms with Crippen LogP contribution in [-0.2, 0) is 29.6 Å². The third-order valence-electron chi connectivity index (χ3n) is 4.56. The Labute approximate surface area is 180 Å². The fourth-order valence-corrected chi connectivity index (χ4v) is 3.65. The minimum Gasteiger partial charge on any atom is -0.488 e. The summed E-state index contributed by atoms with van der Waals surface area (Å²) in [4.78, 5) is 0.0974. The van der Waals surface area contributed by atoms with Crippen LogP contribution in [0.5, 0.6) is 5.75 Å². The molecule has 0 unspecified atom stereocenters. The molecule has 3 aromatic rings. The van der Waals surface area contributed by atoms with E-state index in [1.165, 1.54) is 18.2 Å². The Morgan fingerprint density at radius 1 is 1.00 bits per heavy atom. The van der Waals surface area contributed by atoms with Crippen molar-refractivity contribution in [2.75, 3.05) is 6.54 Å². The highest BCUT2D eigenvalue weighted by molar-refractivity contribution is 7.89. The molecule has 0 amide bonds. The summed E-state index contributed by atoms with van der Waals surface area (Å²) in [5.74, 6) is 0.258. The lowest BCUT2D eigenvalue weighted by Gasteiger charge is -2.13. The molecule has 0 fully saturated rings. The Balaban J connectivity index is 1.54. The first-order chi connectivity index (χ1) is 14.3. The zero-order valence-electron chi connectivity index (χ0n) is 16.1. The largest absolute Gasteiger partial charge is 0.488 e. The van der Waals surface area contributed by atoms with Gasteiger partial charge in [0.05, 0.1) is 9.92 Å². The maximum Gasteiger partial charge on any atom is 0.238 e. The van der Waals surface area contributed by atoms with E-state index in [1.54, 1.807) is 24.3 Å². The van der Waals surface area contributed by atoms with Crippen molar-refractivity contribution < 1.29 is 17.5 Å². The van der Waals surface area contributed by atoms with Gasteiger partial charge in [0.15, 0.2) is 0 Å². The summed E-state index contributed by atoms with van der Waals surface area (Å²) >= 11 is 6.06. The van der Waals surface area contributed by atoms with Crippen molar-refractivity contribution in [3.63, 3.8) is 0 Å². The van der Waals surface area contributed by atoms with E-state index >= 15 is 0 Å². The van der Waals surface area contributed by atoms with E-state index in [0.717, 1.165) is 17.5 Å². The summed E-state index contributed by atoms with van der Waals surface area (Å²) in [6.45, 7) is 1.29. The van der Waals surface area contributed by atoms with Crippen molar-refractivity contribution in [2.24, 2.45) is 5.14 Å². The number of benzene rings is 3. The number of hydrogen-bond acceptors (Lipinski definition) is 4. The summed E-state index contributed by atoms with van der Waals surface area (Å²) in [6.07, 6.45) is 0.721. The van der Waals surface area contributed by atoms with Gasteiger partial charge < -0.3 is 10.1 Å². The molecule has 5 nitrogen and oxygen atoms in total. The number of sulfonamides is 1. The summed E-state index contributed by atoms with van der Waals surface area (Å²) in [5, 5.41) is 8.77. The van der Waals surface area contributed by atoms with E-state index in [1.807, 2.05) is 24.3 Å². The molecule has 30 heavy (non-hydrogen) atoms. The SMILES string of the molecule is NS(=O)(=O)c1ccc(CCNCc2ccccc2OCc2c(F)cccc2Cl)cc1. The predicted octanol–water partition coefficient (Wildman–Crippen LogP) is 4.04. The molecular weight excluding hydrogens is 427 g/mol. The Morgan fingerprint density at radius 3 is 2.43 bits per heavy atom. The second-order valence-corrected chi connectivity index (χ2v) is 8.68. The Hall–Kier alpha value is -2.45. The first kappa shape index (κ1) is 22.2. The van der Waals surface area contributed by atoms with Gasteiger partial charge in [-0.25, -0.2) is 17.9 Å². The number of para-hydroxylation sites is 1. The van der Waals surface area contributed by atoms with Crippen LogP contribution in [0, 0.1) is 5.82 Å². The van der Waals surface area contributed by atoms with Crippen molar-refractivity contribution in [3.8, 4) is 5.75 Å². The van der Waals surface area contributed by atoms with Crippen molar-refractivity contribution in [3.05, 3.63) is 94.3 Å². The van der Waals surface area contributed by atoms with Gasteiger partial charge in [0.25, 0.3) is 0 Å². The van der Waals surface area contributed by atoms with Crippen LogP contribution in [0.2, 0.25) is 5.02 Å². The minimum absolute atomic E-state index is 0.0406. The van der Waals surface area contributed by atoms with Crippen molar-refractivity contribution >= 4 is 21.6 Å². The summed E-state index contributed by atoms with van der Waals surface area (Å²) < 4.78 is 42.3. The van der Waals surface area contributed by atoms with Crippen molar-refractivity contribution in [1.29, 1.82) is 0 Å². The molecule has 0 heterocycles. The highest BCUT2D eigenvalue weighted by atomic mass is 35.5. The van der Waals surface area contributed by atoms with Crippen molar-refractivity contribution in [2.45, 2.75) is 24.5 Å². The number of nitrogens with two attached hydrogens (primary N) is 1. The zero-order valence-corrected chi connectivity index (χ0v) is 17.7. The molecule has 0 aliphatic carbocycles. The Kier molecular flexibility index (Phi) is 7.44. The number of primary sulfonamides is 1. The van der Waals surface area contributed by atoms with Crippen LogP contribution in [0.25, 0.3) is 0 Å². The van der Waals surface area contributed by atoms with E-state index < -0.39 is 15.8 Å². The second kappa shape index (κ2) is 10.0. The predicted molar refractivity (Wildman–Crippen MR) is 115 cm³/mol. The number of ether oxygens (including phenoxy) is 1. The van der Waals surface area contributed by atoms with Gasteiger partial charge in [-0.1, -0.05) is 48.0 Å². The normalized spacial score (nSPS) is 11.4. The first-order valence-electron chi connectivity index (χ1n) is 9.30. The molecule has 3 N–H and O–H groups in total. The van der Waals surface area contributed by atoms with Crippen LogP contribution in [0.15, 0.2) is 71.6 Å². The van der Waals surface area contributed by atoms with Crippen LogP contribution in [0.3, 0.4) is 0 Å². The third kappa shape index (κ3) is 6.03. The standard InChI is InChI=1S/C22H22ClFN2O3S/c23-20-5-3-6-21(24)19(20)15-29-22-7-2-1-4-17(22)14-26-13-12-16-8-10-18(11-9-16)30(25,27)28/h1-11,26H,12-15H2,(H2,25,27,28). The van der Waals surface area contributed by atoms with E-state index in [-0.39, 0.29) is 11.5 Å². The van der Waals surface area contributed by atoms with Gasteiger partial charge in [0.2, 0.25) is 10.0 Å². The van der Waals surface area contributed by atoms with Gasteiger partial charge in [0, 0.05) is 17.7 Å². The average Bonchev–Trinajstić information content (AvgIpc) is 2.71. The molecule has 3 rings (SSSR count). The Morgan fingerprint density at radius 2 is 1.73 bits per heavy atom. The molecule has 0 spiro atoms. The van der Waals surface area contributed by atoms with Crippen LogP contribution < -0.4 is 15.2 Å². The molecular formula is C22H22ClFN2O3S. The lowest BCUT2D eigenvalue weighted by Crippen LogP contribution is -2.17. The Bertz CT molecular complexity index is 1090. The first-order valence-corrected chi connectivity index (χ1v) is 11.2. The maximum atomic E-state index is 13.9. The lowest BCUT2D eigenvalue weighted by atomic mass is 10.1. The van der Waals surface area contributed by atoms with Gasteiger partial charge in [0.1, 0.15) is 18.2 Å². The van der Waals surface area contributed by atoms with Gasteiger partial charge in [-0.05, 0) is 48.9 Å². The molecule has 0 aliphatic rings. The van der Waals surface area contributed by atoms with Crippen LogP contribution in [0.4, 0.5) is 4.39 Å². The van der Waals surface area contributed by atoms with Crippen LogP contribution >= 0.6 is 11.6 Å². The molecule has 0 saturated carbocycles. The van der Waals surface area contributed by atoms with Gasteiger partial charge in [-0.2, -0.15) is 0 Å². The molecule has 8 heteroatoms. The monoisotopic (exact) mass is 448 g/mol. The highest BCUT2D eigenvalue weighted by Crippen LogP contribution is 2.23. The zero-order chi connectivity index (χ0) is 21.6. The highest BCUT2D eigenvalue weighted by Gasteiger charge is 2.10. The van der Waals surface area contributed by atoms with Crippen LogP contribution in [0.1, 0.15) is 16.7 Å². The molecule has 0 bridgehead atoms. The fraction of sp³-hybridized carbons (Fsp3) is 0.182. The maximum absolute atomic E-state index is 13.9. The number of nitrogens with one attached hydrogen (secondary N) is 1.